The molecule has 0 unspecified atom stereocenters. The molecule has 1 N–H and O–H groups in total. The lowest BCUT2D eigenvalue weighted by Crippen LogP contribution is -2.60. The SMILES string of the molecule is CC[C@@H](C)N1C(=O)[C@H](C=NC[C@H]2CCCO2)C(=O)NC1=S. The lowest BCUT2D eigenvalue weighted by molar-refractivity contribution is -0.139. The van der Waals surface area contributed by atoms with Gasteiger partial charge in [-0.3, -0.25) is 19.5 Å². The summed E-state index contributed by atoms with van der Waals surface area (Å²) >= 11 is 5.09. The van der Waals surface area contributed by atoms with Crippen molar-refractivity contribution >= 4 is 35.4 Å². The van der Waals surface area contributed by atoms with Gasteiger partial charge >= 0.3 is 0 Å². The highest BCUT2D eigenvalue weighted by atomic mass is 32.1. The molecule has 6 nitrogen and oxygen atoms in total. The van der Waals surface area contributed by atoms with Crippen molar-refractivity contribution in [3.8, 4) is 0 Å². The first kappa shape index (κ1) is 16.0. The summed E-state index contributed by atoms with van der Waals surface area (Å²) in [6.45, 7) is 5.13. The highest BCUT2D eigenvalue weighted by molar-refractivity contribution is 7.80. The zero-order valence-electron chi connectivity index (χ0n) is 12.4. The van der Waals surface area contributed by atoms with E-state index in [1.54, 1.807) is 0 Å². The largest absolute Gasteiger partial charge is 0.376 e. The third kappa shape index (κ3) is 3.65. The maximum Gasteiger partial charge on any atom is 0.247 e. The summed E-state index contributed by atoms with van der Waals surface area (Å²) in [5.74, 6) is -1.60. The van der Waals surface area contributed by atoms with Crippen molar-refractivity contribution in [3.05, 3.63) is 0 Å². The molecule has 0 aromatic heterocycles. The minimum Gasteiger partial charge on any atom is -0.376 e. The molecule has 2 fully saturated rings. The van der Waals surface area contributed by atoms with Crippen LogP contribution in [0.1, 0.15) is 33.1 Å². The van der Waals surface area contributed by atoms with E-state index in [1.165, 1.54) is 11.1 Å². The zero-order chi connectivity index (χ0) is 15.4. The van der Waals surface area contributed by atoms with Crippen molar-refractivity contribution < 1.29 is 14.3 Å². The molecule has 2 heterocycles. The number of ether oxygens (including phenoxy) is 1. The topological polar surface area (TPSA) is 71.0 Å². The molecule has 0 bridgehead atoms. The van der Waals surface area contributed by atoms with Crippen LogP contribution in [0.15, 0.2) is 4.99 Å². The molecule has 2 aliphatic heterocycles. The number of aliphatic imine (C=N–C) groups is 1. The Labute approximate surface area is 129 Å². The van der Waals surface area contributed by atoms with E-state index in [0.717, 1.165) is 25.9 Å². The predicted molar refractivity (Wildman–Crippen MR) is 83.2 cm³/mol. The van der Waals surface area contributed by atoms with Crippen molar-refractivity contribution in [1.82, 2.24) is 10.2 Å². The van der Waals surface area contributed by atoms with E-state index in [1.807, 2.05) is 13.8 Å². The number of hydrogen-bond acceptors (Lipinski definition) is 5. The van der Waals surface area contributed by atoms with E-state index in [-0.39, 0.29) is 23.2 Å². The van der Waals surface area contributed by atoms with Crippen molar-refractivity contribution in [2.45, 2.75) is 45.3 Å². The molecule has 0 aliphatic carbocycles. The minimum atomic E-state index is -0.896. The number of hydrogen-bond donors (Lipinski definition) is 1. The fourth-order valence-corrected chi connectivity index (χ4v) is 2.78. The molecule has 2 amide bonds. The molecule has 0 radical (unpaired) electrons. The van der Waals surface area contributed by atoms with Crippen molar-refractivity contribution in [3.63, 3.8) is 0 Å². The summed E-state index contributed by atoms with van der Waals surface area (Å²) < 4.78 is 5.46. The van der Waals surface area contributed by atoms with Gasteiger partial charge in [0.25, 0.3) is 0 Å². The lowest BCUT2D eigenvalue weighted by atomic mass is 10.0. The summed E-state index contributed by atoms with van der Waals surface area (Å²) in [7, 11) is 0. The summed E-state index contributed by atoms with van der Waals surface area (Å²) in [5, 5.41) is 2.76. The summed E-state index contributed by atoms with van der Waals surface area (Å²) in [4.78, 5) is 30.1. The smallest absolute Gasteiger partial charge is 0.247 e. The number of carbonyl (C=O) groups excluding carboxylic acids is 2. The molecule has 21 heavy (non-hydrogen) atoms. The van der Waals surface area contributed by atoms with Crippen LogP contribution in [0.25, 0.3) is 0 Å². The average molecular weight is 311 g/mol. The van der Waals surface area contributed by atoms with Crippen molar-refractivity contribution in [1.29, 1.82) is 0 Å². The van der Waals surface area contributed by atoms with E-state index in [2.05, 4.69) is 10.3 Å². The first-order chi connectivity index (χ1) is 10.0. The van der Waals surface area contributed by atoms with Gasteiger partial charge in [0.05, 0.1) is 12.6 Å². The van der Waals surface area contributed by atoms with Crippen LogP contribution in [0.5, 0.6) is 0 Å². The van der Waals surface area contributed by atoms with Gasteiger partial charge < -0.3 is 10.1 Å². The van der Waals surface area contributed by atoms with Gasteiger partial charge in [0.1, 0.15) is 0 Å². The van der Waals surface area contributed by atoms with Crippen molar-refractivity contribution in [2.24, 2.45) is 10.9 Å². The Hall–Kier alpha value is -1.34. The Bertz CT molecular complexity index is 460. The second-order valence-electron chi connectivity index (χ2n) is 5.39. The van der Waals surface area contributed by atoms with Gasteiger partial charge in [0, 0.05) is 18.9 Å². The van der Waals surface area contributed by atoms with E-state index in [4.69, 9.17) is 17.0 Å². The van der Waals surface area contributed by atoms with Crippen LogP contribution in [-0.2, 0) is 14.3 Å². The van der Waals surface area contributed by atoms with Gasteiger partial charge in [0.15, 0.2) is 11.0 Å². The summed E-state index contributed by atoms with van der Waals surface area (Å²) in [6.07, 6.45) is 4.32. The number of rotatable bonds is 5. The fourth-order valence-electron chi connectivity index (χ4n) is 2.41. The lowest BCUT2D eigenvalue weighted by Gasteiger charge is -2.34. The summed E-state index contributed by atoms with van der Waals surface area (Å²) in [5.41, 5.74) is 0. The Kier molecular flexibility index (Phi) is 5.41. The number of amides is 2. The van der Waals surface area contributed by atoms with E-state index in [9.17, 15) is 9.59 Å². The van der Waals surface area contributed by atoms with E-state index in [0.29, 0.717) is 6.54 Å². The number of carbonyl (C=O) groups is 2. The Morgan fingerprint density at radius 2 is 2.33 bits per heavy atom. The molecular weight excluding hydrogens is 290 g/mol. The molecule has 0 aromatic rings. The van der Waals surface area contributed by atoms with Crippen LogP contribution in [-0.4, -0.2) is 53.3 Å². The predicted octanol–water partition coefficient (Wildman–Crippen LogP) is 0.894. The van der Waals surface area contributed by atoms with Crippen LogP contribution < -0.4 is 5.32 Å². The Balaban J connectivity index is 2.02. The molecular formula is C14H21N3O3S. The fraction of sp³-hybridized carbons (Fsp3) is 0.714. The molecule has 0 aromatic carbocycles. The van der Waals surface area contributed by atoms with Crippen LogP contribution in [0.2, 0.25) is 0 Å². The standard InChI is InChI=1S/C14H21N3O3S/c1-3-9(2)17-13(19)11(12(18)16-14(17)21)8-15-7-10-5-4-6-20-10/h8-11H,3-7H2,1-2H3,(H,16,18,21)/t9-,10-,11-/m1/s1. The van der Waals surface area contributed by atoms with Crippen LogP contribution in [0.4, 0.5) is 0 Å². The van der Waals surface area contributed by atoms with E-state index < -0.39 is 11.8 Å². The highest BCUT2D eigenvalue weighted by Crippen LogP contribution is 2.15. The molecule has 3 atom stereocenters. The number of thiocarbonyl (C=S) groups is 1. The Morgan fingerprint density at radius 1 is 1.57 bits per heavy atom. The van der Waals surface area contributed by atoms with Crippen LogP contribution in [0.3, 0.4) is 0 Å². The average Bonchev–Trinajstić information content (AvgIpc) is 2.95. The highest BCUT2D eigenvalue weighted by Gasteiger charge is 2.39. The number of nitrogens with zero attached hydrogens (tertiary/aromatic N) is 2. The quantitative estimate of drug-likeness (QED) is 0.465. The third-order valence-electron chi connectivity index (χ3n) is 3.85. The second kappa shape index (κ2) is 7.09. The van der Waals surface area contributed by atoms with Crippen LogP contribution in [0, 0.1) is 5.92 Å². The Morgan fingerprint density at radius 3 is 2.95 bits per heavy atom. The molecule has 0 saturated carbocycles. The maximum absolute atomic E-state index is 12.4. The molecule has 2 saturated heterocycles. The van der Waals surface area contributed by atoms with Crippen LogP contribution >= 0.6 is 12.2 Å². The van der Waals surface area contributed by atoms with Gasteiger partial charge in [-0.15, -0.1) is 0 Å². The third-order valence-corrected chi connectivity index (χ3v) is 4.15. The van der Waals surface area contributed by atoms with E-state index >= 15 is 0 Å². The maximum atomic E-state index is 12.4. The normalized spacial score (nSPS) is 28.3. The van der Waals surface area contributed by atoms with Gasteiger partial charge in [-0.2, -0.15) is 0 Å². The van der Waals surface area contributed by atoms with Gasteiger partial charge in [0.2, 0.25) is 11.8 Å². The molecule has 0 spiro atoms. The molecule has 2 aliphatic rings. The summed E-state index contributed by atoms with van der Waals surface area (Å²) in [6, 6.07) is -0.0420. The first-order valence-electron chi connectivity index (χ1n) is 7.34. The van der Waals surface area contributed by atoms with Crippen molar-refractivity contribution in [2.75, 3.05) is 13.2 Å². The molecule has 2 rings (SSSR count). The molecule has 116 valence electrons. The molecule has 7 heteroatoms. The van der Waals surface area contributed by atoms with Gasteiger partial charge in [-0.1, -0.05) is 6.92 Å². The second-order valence-corrected chi connectivity index (χ2v) is 5.77. The minimum absolute atomic E-state index is 0.0420. The first-order valence-corrected chi connectivity index (χ1v) is 7.74. The number of nitrogens with one attached hydrogen (secondary N) is 1. The van der Waals surface area contributed by atoms with Gasteiger partial charge in [-0.25, -0.2) is 0 Å². The van der Waals surface area contributed by atoms with Gasteiger partial charge in [-0.05, 0) is 38.4 Å². The monoisotopic (exact) mass is 311 g/mol. The zero-order valence-corrected chi connectivity index (χ0v) is 13.2.